The number of pyridine rings is 1. The van der Waals surface area contributed by atoms with Crippen LogP contribution in [-0.2, 0) is 17.6 Å². The Kier molecular flexibility index (Phi) is 4.48. The predicted octanol–water partition coefficient (Wildman–Crippen LogP) is 4.33. The Morgan fingerprint density at radius 3 is 2.69 bits per heavy atom. The van der Waals surface area contributed by atoms with Crippen molar-refractivity contribution in [2.75, 3.05) is 5.32 Å². The molecule has 0 spiro atoms. The third-order valence-electron chi connectivity index (χ3n) is 4.87. The van der Waals surface area contributed by atoms with Crippen LogP contribution in [0.2, 0.25) is 0 Å². The normalized spacial score (nSPS) is 12.8. The fraction of sp³-hybridized carbons (Fsp3) is 0.227. The largest absolute Gasteiger partial charge is 0.311 e. The maximum atomic E-state index is 12.4. The minimum Gasteiger partial charge on any atom is -0.311 e. The van der Waals surface area contributed by atoms with Crippen molar-refractivity contribution in [1.82, 2.24) is 4.98 Å². The maximum Gasteiger partial charge on any atom is 0.225 e. The first-order valence-corrected chi connectivity index (χ1v) is 9.00. The van der Waals surface area contributed by atoms with Crippen molar-refractivity contribution >= 4 is 28.4 Å². The minimum atomic E-state index is -0.192. The number of carbonyl (C=O) groups excluding carboxylic acids is 2. The number of aromatic nitrogens is 1. The van der Waals surface area contributed by atoms with E-state index in [1.54, 1.807) is 6.07 Å². The molecule has 0 atom stereocenters. The summed E-state index contributed by atoms with van der Waals surface area (Å²) in [4.78, 5) is 29.0. The van der Waals surface area contributed by atoms with E-state index in [2.05, 4.69) is 16.4 Å². The summed E-state index contributed by atoms with van der Waals surface area (Å²) >= 11 is 0. The van der Waals surface area contributed by atoms with Crippen LogP contribution in [0.3, 0.4) is 0 Å². The van der Waals surface area contributed by atoms with E-state index in [9.17, 15) is 9.59 Å². The van der Waals surface area contributed by atoms with Gasteiger partial charge in [-0.25, -0.2) is 4.98 Å². The number of carbonyl (C=O) groups is 2. The molecular formula is C22H20N2O2. The Morgan fingerprint density at radius 1 is 0.923 bits per heavy atom. The van der Waals surface area contributed by atoms with Crippen LogP contribution >= 0.6 is 0 Å². The van der Waals surface area contributed by atoms with Gasteiger partial charge in [0.25, 0.3) is 0 Å². The molecular weight excluding hydrogens is 324 g/mol. The molecule has 0 fully saturated rings. The SMILES string of the molecule is O=C(CCC(=O)c1ccc2c(c1)CCC2)Nc1ccc2ccccc2n1. The molecule has 1 aliphatic carbocycles. The lowest BCUT2D eigenvalue weighted by Gasteiger charge is -2.07. The third kappa shape index (κ3) is 3.49. The average Bonchev–Trinajstić information content (AvgIpc) is 3.14. The van der Waals surface area contributed by atoms with Crippen LogP contribution in [-0.4, -0.2) is 16.7 Å². The van der Waals surface area contributed by atoms with Gasteiger partial charge in [0, 0.05) is 23.8 Å². The van der Waals surface area contributed by atoms with Gasteiger partial charge < -0.3 is 5.32 Å². The lowest BCUT2D eigenvalue weighted by molar-refractivity contribution is -0.116. The fourth-order valence-corrected chi connectivity index (χ4v) is 3.46. The summed E-state index contributed by atoms with van der Waals surface area (Å²) in [7, 11) is 0. The number of rotatable bonds is 5. The molecule has 0 unspecified atom stereocenters. The van der Waals surface area contributed by atoms with Crippen LogP contribution in [0.15, 0.2) is 54.6 Å². The van der Waals surface area contributed by atoms with E-state index in [-0.39, 0.29) is 24.5 Å². The molecule has 0 saturated heterocycles. The highest BCUT2D eigenvalue weighted by atomic mass is 16.2. The second-order valence-corrected chi connectivity index (χ2v) is 6.70. The number of Topliss-reactive ketones (excluding diaryl/α,β-unsaturated/α-hetero) is 1. The number of aryl methyl sites for hydroxylation is 2. The number of para-hydroxylation sites is 1. The van der Waals surface area contributed by atoms with Crippen LogP contribution in [0.4, 0.5) is 5.82 Å². The van der Waals surface area contributed by atoms with Gasteiger partial charge in [-0.05, 0) is 54.7 Å². The molecule has 4 rings (SSSR count). The molecule has 1 aliphatic rings. The highest BCUT2D eigenvalue weighted by Crippen LogP contribution is 2.23. The number of fused-ring (bicyclic) bond motifs is 2. The molecule has 0 radical (unpaired) electrons. The van der Waals surface area contributed by atoms with Crippen molar-refractivity contribution in [2.45, 2.75) is 32.1 Å². The lowest BCUT2D eigenvalue weighted by atomic mass is 10.0. The summed E-state index contributed by atoms with van der Waals surface area (Å²) in [6, 6.07) is 17.4. The van der Waals surface area contributed by atoms with Crippen molar-refractivity contribution in [3.05, 3.63) is 71.3 Å². The summed E-state index contributed by atoms with van der Waals surface area (Å²) in [6.45, 7) is 0. The quantitative estimate of drug-likeness (QED) is 0.701. The summed E-state index contributed by atoms with van der Waals surface area (Å²) in [6.07, 6.45) is 3.67. The predicted molar refractivity (Wildman–Crippen MR) is 102 cm³/mol. The Labute approximate surface area is 152 Å². The van der Waals surface area contributed by atoms with Gasteiger partial charge in [0.1, 0.15) is 5.82 Å². The second-order valence-electron chi connectivity index (χ2n) is 6.70. The van der Waals surface area contributed by atoms with E-state index in [0.29, 0.717) is 11.4 Å². The Balaban J connectivity index is 1.36. The first-order chi connectivity index (χ1) is 12.7. The van der Waals surface area contributed by atoms with Crippen LogP contribution in [0.25, 0.3) is 10.9 Å². The molecule has 0 saturated carbocycles. The standard InChI is InChI=1S/C22H20N2O2/c25-20(18-9-8-15-5-3-6-17(15)14-18)11-13-22(26)24-21-12-10-16-4-1-2-7-19(16)23-21/h1-2,4,7-10,12,14H,3,5-6,11,13H2,(H,23,24,26). The van der Waals surface area contributed by atoms with Crippen molar-refractivity contribution in [1.29, 1.82) is 0 Å². The number of hydrogen-bond donors (Lipinski definition) is 1. The number of anilines is 1. The molecule has 2 aromatic carbocycles. The van der Waals surface area contributed by atoms with Gasteiger partial charge in [-0.3, -0.25) is 9.59 Å². The molecule has 1 amide bonds. The van der Waals surface area contributed by atoms with Crippen molar-refractivity contribution < 1.29 is 9.59 Å². The Bertz CT molecular complexity index is 994. The molecule has 4 heteroatoms. The lowest BCUT2D eigenvalue weighted by Crippen LogP contribution is -2.14. The Morgan fingerprint density at radius 2 is 1.77 bits per heavy atom. The fourth-order valence-electron chi connectivity index (χ4n) is 3.46. The molecule has 1 heterocycles. The van der Waals surface area contributed by atoms with Gasteiger partial charge in [-0.1, -0.05) is 30.3 Å². The summed E-state index contributed by atoms with van der Waals surface area (Å²) in [5, 5.41) is 3.81. The molecule has 0 aliphatic heterocycles. The summed E-state index contributed by atoms with van der Waals surface area (Å²) in [5.74, 6) is 0.335. The van der Waals surface area contributed by atoms with Crippen molar-refractivity contribution in [2.24, 2.45) is 0 Å². The molecule has 1 N–H and O–H groups in total. The smallest absolute Gasteiger partial charge is 0.225 e. The van der Waals surface area contributed by atoms with Crippen molar-refractivity contribution in [3.8, 4) is 0 Å². The van der Waals surface area contributed by atoms with Gasteiger partial charge in [0.05, 0.1) is 5.52 Å². The molecule has 130 valence electrons. The average molecular weight is 344 g/mol. The maximum absolute atomic E-state index is 12.4. The minimum absolute atomic E-state index is 0.0151. The molecule has 4 nitrogen and oxygen atoms in total. The van der Waals surface area contributed by atoms with Crippen LogP contribution < -0.4 is 5.32 Å². The number of amides is 1. The number of nitrogens with one attached hydrogen (secondary N) is 1. The zero-order chi connectivity index (χ0) is 17.9. The van der Waals surface area contributed by atoms with Gasteiger partial charge >= 0.3 is 0 Å². The third-order valence-corrected chi connectivity index (χ3v) is 4.87. The second kappa shape index (κ2) is 7.08. The molecule has 26 heavy (non-hydrogen) atoms. The van der Waals surface area contributed by atoms with Gasteiger partial charge in [0.2, 0.25) is 5.91 Å². The van der Waals surface area contributed by atoms with Gasteiger partial charge in [-0.15, -0.1) is 0 Å². The van der Waals surface area contributed by atoms with Gasteiger partial charge in [-0.2, -0.15) is 0 Å². The monoisotopic (exact) mass is 344 g/mol. The van der Waals surface area contributed by atoms with E-state index in [1.165, 1.54) is 11.1 Å². The van der Waals surface area contributed by atoms with E-state index >= 15 is 0 Å². The zero-order valence-corrected chi connectivity index (χ0v) is 14.5. The van der Waals surface area contributed by atoms with E-state index in [1.807, 2.05) is 42.5 Å². The number of hydrogen-bond acceptors (Lipinski definition) is 3. The summed E-state index contributed by atoms with van der Waals surface area (Å²) < 4.78 is 0. The molecule has 0 bridgehead atoms. The van der Waals surface area contributed by atoms with Crippen LogP contribution in [0.1, 0.15) is 40.7 Å². The van der Waals surface area contributed by atoms with E-state index in [0.717, 1.165) is 30.2 Å². The molecule has 1 aromatic heterocycles. The highest BCUT2D eigenvalue weighted by Gasteiger charge is 2.15. The topological polar surface area (TPSA) is 59.1 Å². The first-order valence-electron chi connectivity index (χ1n) is 9.00. The zero-order valence-electron chi connectivity index (χ0n) is 14.5. The number of ketones is 1. The number of nitrogens with zero attached hydrogens (tertiary/aromatic N) is 1. The Hall–Kier alpha value is -3.01. The van der Waals surface area contributed by atoms with Crippen molar-refractivity contribution in [3.63, 3.8) is 0 Å². The first kappa shape index (κ1) is 16.5. The van der Waals surface area contributed by atoms with Gasteiger partial charge in [0.15, 0.2) is 5.78 Å². The molecule has 3 aromatic rings. The van der Waals surface area contributed by atoms with Crippen LogP contribution in [0, 0.1) is 0 Å². The summed E-state index contributed by atoms with van der Waals surface area (Å²) in [5.41, 5.74) is 4.17. The highest BCUT2D eigenvalue weighted by molar-refractivity contribution is 6.00. The van der Waals surface area contributed by atoms with E-state index < -0.39 is 0 Å². The number of benzene rings is 2. The van der Waals surface area contributed by atoms with Crippen LogP contribution in [0.5, 0.6) is 0 Å². The van der Waals surface area contributed by atoms with E-state index in [4.69, 9.17) is 0 Å².